The highest BCUT2D eigenvalue weighted by Gasteiger charge is 2.12. The van der Waals surface area contributed by atoms with Gasteiger partial charge in [-0.15, -0.1) is 10.2 Å². The van der Waals surface area contributed by atoms with Crippen LogP contribution in [-0.2, 0) is 0 Å². The first kappa shape index (κ1) is 14.3. The molecular weight excluding hydrogens is 353 g/mol. The number of aromatic nitrogens is 4. The Balaban J connectivity index is 1.77. The zero-order valence-corrected chi connectivity index (χ0v) is 12.7. The fourth-order valence-electron chi connectivity index (χ4n) is 1.76. The molecule has 0 unspecified atom stereocenters. The lowest BCUT2D eigenvalue weighted by Gasteiger charge is -2.06. The quantitative estimate of drug-likeness (QED) is 0.778. The lowest BCUT2D eigenvalue weighted by molar-refractivity contribution is 0.102. The zero-order chi connectivity index (χ0) is 15.5. The summed E-state index contributed by atoms with van der Waals surface area (Å²) in [5.74, 6) is -0.541. The average Bonchev–Trinajstić information content (AvgIpc) is 3.04. The van der Waals surface area contributed by atoms with Crippen LogP contribution in [0.2, 0.25) is 0 Å². The van der Waals surface area contributed by atoms with Crippen molar-refractivity contribution in [3.63, 3.8) is 0 Å². The summed E-state index contributed by atoms with van der Waals surface area (Å²) in [7, 11) is 0. The summed E-state index contributed by atoms with van der Waals surface area (Å²) in [6.07, 6.45) is 4.89. The molecule has 0 saturated carbocycles. The molecule has 110 valence electrons. The van der Waals surface area contributed by atoms with Gasteiger partial charge in [0.2, 0.25) is 0 Å². The van der Waals surface area contributed by atoms with Gasteiger partial charge in [0.15, 0.2) is 11.5 Å². The van der Waals surface area contributed by atoms with Gasteiger partial charge in [0, 0.05) is 16.9 Å². The van der Waals surface area contributed by atoms with Crippen LogP contribution in [0.3, 0.4) is 0 Å². The Hall–Kier alpha value is -2.61. The van der Waals surface area contributed by atoms with E-state index in [4.69, 9.17) is 0 Å². The number of rotatable bonds is 3. The molecule has 3 rings (SSSR count). The van der Waals surface area contributed by atoms with E-state index >= 15 is 0 Å². The second-order valence-corrected chi connectivity index (χ2v) is 5.24. The topological polar surface area (TPSA) is 72.7 Å². The van der Waals surface area contributed by atoms with E-state index in [1.54, 1.807) is 35.4 Å². The Morgan fingerprint density at radius 1 is 1.23 bits per heavy atom. The van der Waals surface area contributed by atoms with Crippen molar-refractivity contribution in [2.75, 3.05) is 5.32 Å². The summed E-state index contributed by atoms with van der Waals surface area (Å²) in [5.41, 5.74) is 0.167. The standard InChI is InChI=1S/C14H9BrFN5O/c15-9-1-2-11(10(16)7-9)18-14(22)12-3-4-13(20-19-12)21-6-5-17-8-21/h1-8H,(H,18,22). The number of hydrogen-bond acceptors (Lipinski definition) is 4. The molecule has 1 aromatic carbocycles. The molecule has 0 saturated heterocycles. The van der Waals surface area contributed by atoms with Crippen molar-refractivity contribution in [1.82, 2.24) is 19.7 Å². The van der Waals surface area contributed by atoms with Crippen molar-refractivity contribution >= 4 is 27.5 Å². The van der Waals surface area contributed by atoms with Crippen molar-refractivity contribution in [2.24, 2.45) is 0 Å². The number of nitrogens with one attached hydrogen (secondary N) is 1. The molecule has 8 heteroatoms. The van der Waals surface area contributed by atoms with E-state index in [1.807, 2.05) is 0 Å². The third-order valence-electron chi connectivity index (χ3n) is 2.83. The van der Waals surface area contributed by atoms with Crippen LogP contribution >= 0.6 is 15.9 Å². The third kappa shape index (κ3) is 3.01. The first-order valence-electron chi connectivity index (χ1n) is 6.22. The van der Waals surface area contributed by atoms with E-state index in [2.05, 4.69) is 36.4 Å². The van der Waals surface area contributed by atoms with E-state index in [0.29, 0.717) is 10.3 Å². The second-order valence-electron chi connectivity index (χ2n) is 4.33. The monoisotopic (exact) mass is 361 g/mol. The fourth-order valence-corrected chi connectivity index (χ4v) is 2.09. The normalized spacial score (nSPS) is 10.5. The molecule has 0 bridgehead atoms. The molecule has 0 aliphatic carbocycles. The number of nitrogens with zero attached hydrogens (tertiary/aromatic N) is 4. The van der Waals surface area contributed by atoms with Gasteiger partial charge in [-0.3, -0.25) is 9.36 Å². The smallest absolute Gasteiger partial charge is 0.276 e. The SMILES string of the molecule is O=C(Nc1ccc(Br)cc1F)c1ccc(-n2ccnc2)nn1. The van der Waals surface area contributed by atoms with E-state index in [0.717, 1.165) is 0 Å². The first-order chi connectivity index (χ1) is 10.6. The highest BCUT2D eigenvalue weighted by molar-refractivity contribution is 9.10. The summed E-state index contributed by atoms with van der Waals surface area (Å²) in [5, 5.41) is 10.2. The number of carbonyl (C=O) groups is 1. The highest BCUT2D eigenvalue weighted by Crippen LogP contribution is 2.19. The summed E-state index contributed by atoms with van der Waals surface area (Å²) >= 11 is 3.15. The minimum Gasteiger partial charge on any atom is -0.318 e. The maximum atomic E-state index is 13.7. The van der Waals surface area contributed by atoms with Crippen LogP contribution in [0.5, 0.6) is 0 Å². The van der Waals surface area contributed by atoms with E-state index in [1.165, 1.54) is 18.2 Å². The molecule has 0 aliphatic heterocycles. The minimum absolute atomic E-state index is 0.0775. The summed E-state index contributed by atoms with van der Waals surface area (Å²) in [6, 6.07) is 7.50. The van der Waals surface area contributed by atoms with Crippen molar-refractivity contribution < 1.29 is 9.18 Å². The van der Waals surface area contributed by atoms with Crippen molar-refractivity contribution in [1.29, 1.82) is 0 Å². The van der Waals surface area contributed by atoms with Crippen LogP contribution in [0.15, 0.2) is 53.5 Å². The molecule has 0 spiro atoms. The largest absolute Gasteiger partial charge is 0.318 e. The van der Waals surface area contributed by atoms with Gasteiger partial charge in [-0.25, -0.2) is 9.37 Å². The van der Waals surface area contributed by atoms with Crippen LogP contribution < -0.4 is 5.32 Å². The van der Waals surface area contributed by atoms with Crippen LogP contribution in [-0.4, -0.2) is 25.7 Å². The number of anilines is 1. The predicted molar refractivity (Wildman–Crippen MR) is 81.2 cm³/mol. The summed E-state index contributed by atoms with van der Waals surface area (Å²) in [4.78, 5) is 15.9. The Labute approximate surface area is 133 Å². The zero-order valence-electron chi connectivity index (χ0n) is 11.1. The molecule has 0 radical (unpaired) electrons. The molecule has 0 atom stereocenters. The summed E-state index contributed by atoms with van der Waals surface area (Å²) in [6.45, 7) is 0. The molecule has 0 fully saturated rings. The van der Waals surface area contributed by atoms with Gasteiger partial charge in [-0.05, 0) is 30.3 Å². The van der Waals surface area contributed by atoms with Gasteiger partial charge < -0.3 is 5.32 Å². The van der Waals surface area contributed by atoms with Crippen molar-refractivity contribution in [3.05, 3.63) is 65.0 Å². The number of benzene rings is 1. The fraction of sp³-hybridized carbons (Fsp3) is 0. The number of imidazole rings is 1. The molecule has 2 heterocycles. The Morgan fingerprint density at radius 3 is 2.73 bits per heavy atom. The average molecular weight is 362 g/mol. The van der Waals surface area contributed by atoms with Crippen molar-refractivity contribution in [2.45, 2.75) is 0 Å². The molecule has 1 N–H and O–H groups in total. The van der Waals surface area contributed by atoms with Gasteiger partial charge >= 0.3 is 0 Å². The molecule has 6 nitrogen and oxygen atoms in total. The number of halogens is 2. The third-order valence-corrected chi connectivity index (χ3v) is 3.32. The molecule has 1 amide bonds. The predicted octanol–water partition coefficient (Wildman–Crippen LogP) is 2.82. The van der Waals surface area contributed by atoms with Gasteiger partial charge in [0.05, 0.1) is 5.69 Å². The number of hydrogen-bond donors (Lipinski definition) is 1. The van der Waals surface area contributed by atoms with Crippen LogP contribution in [0.4, 0.5) is 10.1 Å². The van der Waals surface area contributed by atoms with Gasteiger partial charge in [0.25, 0.3) is 5.91 Å². The van der Waals surface area contributed by atoms with Gasteiger partial charge in [-0.1, -0.05) is 15.9 Å². The molecule has 22 heavy (non-hydrogen) atoms. The number of amides is 1. The van der Waals surface area contributed by atoms with Crippen LogP contribution in [0.25, 0.3) is 5.82 Å². The number of carbonyl (C=O) groups excluding carboxylic acids is 1. The van der Waals surface area contributed by atoms with Crippen molar-refractivity contribution in [3.8, 4) is 5.82 Å². The first-order valence-corrected chi connectivity index (χ1v) is 7.01. The second kappa shape index (κ2) is 6.02. The highest BCUT2D eigenvalue weighted by atomic mass is 79.9. The van der Waals surface area contributed by atoms with Gasteiger partial charge in [-0.2, -0.15) is 0 Å². The van der Waals surface area contributed by atoms with Gasteiger partial charge in [0.1, 0.15) is 12.1 Å². The maximum absolute atomic E-state index is 13.7. The van der Waals surface area contributed by atoms with E-state index in [-0.39, 0.29) is 11.4 Å². The maximum Gasteiger partial charge on any atom is 0.276 e. The Kier molecular flexibility index (Phi) is 3.92. The molecular formula is C14H9BrFN5O. The van der Waals surface area contributed by atoms with Crippen LogP contribution in [0.1, 0.15) is 10.5 Å². The molecule has 0 aliphatic rings. The lowest BCUT2D eigenvalue weighted by atomic mass is 10.3. The molecule has 2 aromatic heterocycles. The van der Waals surface area contributed by atoms with E-state index < -0.39 is 11.7 Å². The Bertz CT molecular complexity index is 805. The summed E-state index contributed by atoms with van der Waals surface area (Å²) < 4.78 is 15.9. The lowest BCUT2D eigenvalue weighted by Crippen LogP contribution is -2.15. The van der Waals surface area contributed by atoms with E-state index in [9.17, 15) is 9.18 Å². The van der Waals surface area contributed by atoms with Crippen LogP contribution in [0, 0.1) is 5.82 Å². The minimum atomic E-state index is -0.536. The Morgan fingerprint density at radius 2 is 2.09 bits per heavy atom. The molecule has 3 aromatic rings.